The van der Waals surface area contributed by atoms with E-state index < -0.39 is 0 Å². The maximum Gasteiger partial charge on any atom is 0.251 e. The van der Waals surface area contributed by atoms with Crippen LogP contribution in [0.15, 0.2) is 48.5 Å². The van der Waals surface area contributed by atoms with Crippen molar-refractivity contribution in [3.63, 3.8) is 0 Å². The van der Waals surface area contributed by atoms with Gasteiger partial charge in [0.2, 0.25) is 11.8 Å². The van der Waals surface area contributed by atoms with Crippen molar-refractivity contribution in [1.29, 1.82) is 0 Å². The van der Waals surface area contributed by atoms with Crippen molar-refractivity contribution >= 4 is 29.1 Å². The average molecular weight is 337 g/mol. The highest BCUT2D eigenvalue weighted by molar-refractivity contribution is 6.02. The van der Waals surface area contributed by atoms with Crippen LogP contribution < -0.4 is 15.5 Å². The average Bonchev–Trinajstić information content (AvgIpc) is 3.03. The van der Waals surface area contributed by atoms with E-state index in [0.29, 0.717) is 17.8 Å². The molecule has 0 saturated carbocycles. The van der Waals surface area contributed by atoms with Crippen LogP contribution in [0.3, 0.4) is 0 Å². The Balaban J connectivity index is 1.61. The number of carbonyl (C=O) groups excluding carboxylic acids is 3. The van der Waals surface area contributed by atoms with Gasteiger partial charge in [-0.05, 0) is 36.2 Å². The fourth-order valence-electron chi connectivity index (χ4n) is 2.89. The number of carbonyl (C=O) groups is 3. The van der Waals surface area contributed by atoms with Crippen molar-refractivity contribution in [3.05, 3.63) is 59.7 Å². The number of para-hydroxylation sites is 1. The van der Waals surface area contributed by atoms with Crippen LogP contribution >= 0.6 is 0 Å². The molecule has 3 amide bonds. The van der Waals surface area contributed by atoms with Gasteiger partial charge in [0.05, 0.1) is 6.54 Å². The third-order valence-electron chi connectivity index (χ3n) is 4.03. The van der Waals surface area contributed by atoms with Crippen molar-refractivity contribution in [2.75, 3.05) is 23.3 Å². The Morgan fingerprint density at radius 3 is 2.68 bits per heavy atom. The molecule has 0 aliphatic carbocycles. The van der Waals surface area contributed by atoms with Crippen LogP contribution in [-0.2, 0) is 16.0 Å². The van der Waals surface area contributed by atoms with Gasteiger partial charge < -0.3 is 15.5 Å². The molecule has 2 N–H and O–H groups in total. The van der Waals surface area contributed by atoms with Gasteiger partial charge in [0.1, 0.15) is 0 Å². The molecule has 0 radical (unpaired) electrons. The molecule has 2 aromatic carbocycles. The van der Waals surface area contributed by atoms with Gasteiger partial charge in [-0.1, -0.05) is 24.3 Å². The van der Waals surface area contributed by atoms with E-state index in [-0.39, 0.29) is 24.3 Å². The number of anilines is 2. The lowest BCUT2D eigenvalue weighted by Gasteiger charge is -2.17. The van der Waals surface area contributed by atoms with E-state index in [1.165, 1.54) is 6.92 Å². The zero-order valence-corrected chi connectivity index (χ0v) is 13.9. The quantitative estimate of drug-likeness (QED) is 0.895. The number of fused-ring (bicyclic) bond motifs is 1. The highest BCUT2D eigenvalue weighted by atomic mass is 16.2. The van der Waals surface area contributed by atoms with E-state index in [4.69, 9.17) is 0 Å². The molecule has 0 spiro atoms. The van der Waals surface area contributed by atoms with Gasteiger partial charge in [-0.2, -0.15) is 0 Å². The first-order valence-corrected chi connectivity index (χ1v) is 8.09. The molecule has 2 aromatic rings. The van der Waals surface area contributed by atoms with Gasteiger partial charge in [0.15, 0.2) is 0 Å². The molecule has 1 aliphatic heterocycles. The van der Waals surface area contributed by atoms with Crippen LogP contribution in [0.2, 0.25) is 0 Å². The number of nitrogens with zero attached hydrogens (tertiary/aromatic N) is 1. The Labute approximate surface area is 145 Å². The Bertz CT molecular complexity index is 832. The number of hydrogen-bond donors (Lipinski definition) is 2. The second-order valence-corrected chi connectivity index (χ2v) is 5.87. The predicted octanol–water partition coefficient (Wildman–Crippen LogP) is 1.96. The summed E-state index contributed by atoms with van der Waals surface area (Å²) in [5.41, 5.74) is 2.99. The molecule has 25 heavy (non-hydrogen) atoms. The van der Waals surface area contributed by atoms with Gasteiger partial charge in [-0.25, -0.2) is 0 Å². The molecular formula is C19H19N3O3. The van der Waals surface area contributed by atoms with Crippen LogP contribution in [0.25, 0.3) is 0 Å². The Hall–Kier alpha value is -3.15. The monoisotopic (exact) mass is 337 g/mol. The number of hydrogen-bond acceptors (Lipinski definition) is 3. The van der Waals surface area contributed by atoms with Gasteiger partial charge in [0.25, 0.3) is 5.91 Å². The number of amides is 3. The van der Waals surface area contributed by atoms with Crippen molar-refractivity contribution in [1.82, 2.24) is 5.32 Å². The van der Waals surface area contributed by atoms with E-state index in [1.54, 1.807) is 29.2 Å². The normalized spacial score (nSPS) is 12.4. The molecule has 0 unspecified atom stereocenters. The maximum absolute atomic E-state index is 12.4. The molecule has 0 atom stereocenters. The van der Waals surface area contributed by atoms with E-state index in [9.17, 15) is 14.4 Å². The minimum Gasteiger partial charge on any atom is -0.343 e. The van der Waals surface area contributed by atoms with E-state index in [1.807, 2.05) is 24.3 Å². The second-order valence-electron chi connectivity index (χ2n) is 5.87. The number of benzene rings is 2. The molecule has 0 aromatic heterocycles. The summed E-state index contributed by atoms with van der Waals surface area (Å²) in [6.07, 6.45) is 0.828. The van der Waals surface area contributed by atoms with Gasteiger partial charge in [-0.15, -0.1) is 0 Å². The first-order chi connectivity index (χ1) is 12.0. The second kappa shape index (κ2) is 7.17. The van der Waals surface area contributed by atoms with Gasteiger partial charge >= 0.3 is 0 Å². The lowest BCUT2D eigenvalue weighted by molar-refractivity contribution is -0.117. The summed E-state index contributed by atoms with van der Waals surface area (Å²) in [7, 11) is 0. The largest absolute Gasteiger partial charge is 0.343 e. The Morgan fingerprint density at radius 1 is 1.08 bits per heavy atom. The van der Waals surface area contributed by atoms with Crippen molar-refractivity contribution in [2.45, 2.75) is 13.3 Å². The summed E-state index contributed by atoms with van der Waals surface area (Å²) in [5, 5.41) is 5.27. The molecule has 1 aliphatic rings. The Kier molecular flexibility index (Phi) is 4.79. The zero-order valence-electron chi connectivity index (χ0n) is 13.9. The summed E-state index contributed by atoms with van der Waals surface area (Å²) in [5.74, 6) is -0.704. The summed E-state index contributed by atoms with van der Waals surface area (Å²) in [4.78, 5) is 37.5. The SMILES string of the molecule is CC(=O)Nc1cccc(C(=O)NCC(=O)N2CCc3ccccc32)c1. The summed E-state index contributed by atoms with van der Waals surface area (Å²) >= 11 is 0. The third kappa shape index (κ3) is 3.85. The minimum absolute atomic E-state index is 0.0719. The highest BCUT2D eigenvalue weighted by Crippen LogP contribution is 2.27. The van der Waals surface area contributed by atoms with E-state index >= 15 is 0 Å². The molecule has 0 bridgehead atoms. The van der Waals surface area contributed by atoms with E-state index in [0.717, 1.165) is 17.7 Å². The summed E-state index contributed by atoms with van der Waals surface area (Å²) < 4.78 is 0. The molecule has 1 heterocycles. The summed E-state index contributed by atoms with van der Waals surface area (Å²) in [6, 6.07) is 14.4. The molecule has 0 saturated heterocycles. The van der Waals surface area contributed by atoms with Crippen LogP contribution in [-0.4, -0.2) is 30.8 Å². The number of nitrogens with one attached hydrogen (secondary N) is 2. The molecule has 128 valence electrons. The fourth-order valence-corrected chi connectivity index (χ4v) is 2.89. The lowest BCUT2D eigenvalue weighted by Crippen LogP contribution is -2.39. The summed E-state index contributed by atoms with van der Waals surface area (Å²) in [6.45, 7) is 1.96. The third-order valence-corrected chi connectivity index (χ3v) is 4.03. The smallest absolute Gasteiger partial charge is 0.251 e. The van der Waals surface area contributed by atoms with Gasteiger partial charge in [0, 0.05) is 30.4 Å². The maximum atomic E-state index is 12.4. The molecular weight excluding hydrogens is 318 g/mol. The molecule has 6 heteroatoms. The number of rotatable bonds is 4. The Morgan fingerprint density at radius 2 is 1.88 bits per heavy atom. The molecule has 3 rings (SSSR count). The first-order valence-electron chi connectivity index (χ1n) is 8.09. The van der Waals surface area contributed by atoms with Crippen LogP contribution in [0, 0.1) is 0 Å². The van der Waals surface area contributed by atoms with Gasteiger partial charge in [-0.3, -0.25) is 14.4 Å². The predicted molar refractivity (Wildman–Crippen MR) is 95.6 cm³/mol. The van der Waals surface area contributed by atoms with Crippen LogP contribution in [0.4, 0.5) is 11.4 Å². The topological polar surface area (TPSA) is 78.5 Å². The zero-order chi connectivity index (χ0) is 17.8. The molecule has 6 nitrogen and oxygen atoms in total. The van der Waals surface area contributed by atoms with E-state index in [2.05, 4.69) is 10.6 Å². The fraction of sp³-hybridized carbons (Fsp3) is 0.211. The lowest BCUT2D eigenvalue weighted by atomic mass is 10.2. The van der Waals surface area contributed by atoms with Crippen molar-refractivity contribution in [2.24, 2.45) is 0 Å². The standard InChI is InChI=1S/C19H19N3O3/c1-13(23)21-16-7-4-6-15(11-16)19(25)20-12-18(24)22-10-9-14-5-2-3-8-17(14)22/h2-8,11H,9-10,12H2,1H3,(H,20,25)(H,21,23). The highest BCUT2D eigenvalue weighted by Gasteiger charge is 2.24. The van der Waals surface area contributed by atoms with Crippen molar-refractivity contribution in [3.8, 4) is 0 Å². The van der Waals surface area contributed by atoms with Crippen LogP contribution in [0.1, 0.15) is 22.8 Å². The molecule has 0 fully saturated rings. The van der Waals surface area contributed by atoms with Crippen molar-refractivity contribution < 1.29 is 14.4 Å². The first kappa shape index (κ1) is 16.7. The minimum atomic E-state index is -0.354. The van der Waals surface area contributed by atoms with Crippen LogP contribution in [0.5, 0.6) is 0 Å².